The van der Waals surface area contributed by atoms with Crippen LogP contribution in [0.15, 0.2) is 30.5 Å². The van der Waals surface area contributed by atoms with Gasteiger partial charge >= 0.3 is 0 Å². The van der Waals surface area contributed by atoms with Crippen LogP contribution in [0, 0.1) is 0 Å². The minimum absolute atomic E-state index is 0.438. The van der Waals surface area contributed by atoms with Crippen molar-refractivity contribution in [2.75, 3.05) is 0 Å². The van der Waals surface area contributed by atoms with Crippen molar-refractivity contribution < 1.29 is 9.53 Å². The molecule has 4 heteroatoms. The van der Waals surface area contributed by atoms with Gasteiger partial charge in [0.25, 0.3) is 6.47 Å². The second-order valence-corrected chi connectivity index (χ2v) is 4.92. The van der Waals surface area contributed by atoms with E-state index < -0.39 is 4.51 Å². The monoisotopic (exact) mass is 267 g/mol. The number of hydrogen-bond acceptors (Lipinski definition) is 2. The normalized spacial score (nSPS) is 14.8. The smallest absolute Gasteiger partial charge is 0.294 e. The summed E-state index contributed by atoms with van der Waals surface area (Å²) in [5, 5.41) is 1.13. The molecule has 78 valence electrons. The van der Waals surface area contributed by atoms with Crippen LogP contribution in [-0.4, -0.2) is 11.5 Å². The Morgan fingerprint density at radius 1 is 1.47 bits per heavy atom. The van der Waals surface area contributed by atoms with Gasteiger partial charge in [-0.15, -0.1) is 0 Å². The number of aromatic nitrogens is 1. The average molecular weight is 268 g/mol. The highest BCUT2D eigenvalue weighted by Gasteiger charge is 2.24. The third kappa shape index (κ3) is 1.90. The first-order chi connectivity index (χ1) is 7.13. The van der Waals surface area contributed by atoms with Crippen molar-refractivity contribution >= 4 is 33.3 Å². The molecule has 0 saturated heterocycles. The number of benzene rings is 1. The van der Waals surface area contributed by atoms with Gasteiger partial charge in [-0.25, -0.2) is 0 Å². The maximum atomic E-state index is 10.3. The van der Waals surface area contributed by atoms with Gasteiger partial charge in [0.2, 0.25) is 0 Å². The summed E-state index contributed by atoms with van der Waals surface area (Å²) < 4.78 is 4.19. The van der Waals surface area contributed by atoms with Crippen molar-refractivity contribution in [2.24, 2.45) is 0 Å². The second kappa shape index (κ2) is 3.70. The van der Waals surface area contributed by atoms with Gasteiger partial charge in [0.1, 0.15) is 0 Å². The summed E-state index contributed by atoms with van der Waals surface area (Å²) in [6, 6.07) is 7.85. The molecule has 0 bridgehead atoms. The lowest BCUT2D eigenvalue weighted by Crippen LogP contribution is -2.16. The molecule has 0 aliphatic rings. The zero-order chi connectivity index (χ0) is 10.9. The van der Waals surface area contributed by atoms with E-state index in [2.05, 4.69) is 20.9 Å². The number of fused-ring (bicyclic) bond motifs is 1. The molecule has 1 unspecified atom stereocenters. The fraction of sp³-hybridized carbons (Fsp3) is 0.182. The van der Waals surface area contributed by atoms with Crippen molar-refractivity contribution in [1.82, 2.24) is 4.98 Å². The summed E-state index contributed by atoms with van der Waals surface area (Å²) in [4.78, 5) is 13.5. The number of ether oxygens (including phenoxy) is 1. The molecule has 1 heterocycles. The topological polar surface area (TPSA) is 42.1 Å². The molecule has 1 aromatic heterocycles. The SMILES string of the molecule is CC(Br)(OC=O)c1ccc2cc[nH]c2c1. The molecule has 0 aliphatic carbocycles. The predicted molar refractivity (Wildman–Crippen MR) is 61.7 cm³/mol. The molecule has 1 aromatic carbocycles. The molecule has 0 aliphatic heterocycles. The summed E-state index contributed by atoms with van der Waals surface area (Å²) in [6.07, 6.45) is 1.88. The Kier molecular flexibility index (Phi) is 2.52. The summed E-state index contributed by atoms with van der Waals surface area (Å²) >= 11 is 3.36. The van der Waals surface area contributed by atoms with Gasteiger partial charge in [0.05, 0.1) is 0 Å². The lowest BCUT2D eigenvalue weighted by Gasteiger charge is -2.20. The van der Waals surface area contributed by atoms with E-state index in [-0.39, 0.29) is 0 Å². The molecule has 0 fully saturated rings. The summed E-state index contributed by atoms with van der Waals surface area (Å²) in [5.41, 5.74) is 1.91. The van der Waals surface area contributed by atoms with Crippen LogP contribution in [0.5, 0.6) is 0 Å². The Labute approximate surface area is 95.6 Å². The molecule has 1 N–H and O–H groups in total. The van der Waals surface area contributed by atoms with Gasteiger partial charge in [0, 0.05) is 17.3 Å². The van der Waals surface area contributed by atoms with Crippen LogP contribution in [-0.2, 0) is 14.0 Å². The molecule has 0 radical (unpaired) electrons. The summed E-state index contributed by atoms with van der Waals surface area (Å²) in [6.45, 7) is 2.22. The lowest BCUT2D eigenvalue weighted by atomic mass is 10.1. The number of carbonyl (C=O) groups excluding carboxylic acids is 1. The van der Waals surface area contributed by atoms with Crippen LogP contribution in [0.4, 0.5) is 0 Å². The zero-order valence-electron chi connectivity index (χ0n) is 8.16. The molecule has 1 atom stereocenters. The standard InChI is InChI=1S/C11H10BrNO2/c1-11(12,15-7-14)9-3-2-8-4-5-13-10(8)6-9/h2-7,13H,1H3. The fourth-order valence-corrected chi connectivity index (χ4v) is 1.81. The third-order valence-electron chi connectivity index (χ3n) is 2.34. The Bertz CT molecular complexity index is 490. The Morgan fingerprint density at radius 2 is 2.27 bits per heavy atom. The van der Waals surface area contributed by atoms with E-state index in [0.29, 0.717) is 6.47 Å². The number of H-pyrrole nitrogens is 1. The lowest BCUT2D eigenvalue weighted by molar-refractivity contribution is -0.134. The van der Waals surface area contributed by atoms with Crippen LogP contribution in [0.3, 0.4) is 0 Å². The van der Waals surface area contributed by atoms with Gasteiger partial charge in [-0.1, -0.05) is 12.1 Å². The first-order valence-electron chi connectivity index (χ1n) is 4.51. The predicted octanol–water partition coefficient (Wildman–Crippen LogP) is 2.91. The Balaban J connectivity index is 2.47. The minimum Gasteiger partial charge on any atom is -0.445 e. The van der Waals surface area contributed by atoms with E-state index in [4.69, 9.17) is 4.74 Å². The van der Waals surface area contributed by atoms with E-state index in [0.717, 1.165) is 16.5 Å². The van der Waals surface area contributed by atoms with Crippen LogP contribution in [0.25, 0.3) is 10.9 Å². The van der Waals surface area contributed by atoms with Crippen molar-refractivity contribution in [3.05, 3.63) is 36.0 Å². The second-order valence-electron chi connectivity index (χ2n) is 3.41. The van der Waals surface area contributed by atoms with Crippen molar-refractivity contribution in [1.29, 1.82) is 0 Å². The van der Waals surface area contributed by atoms with E-state index in [1.807, 2.05) is 30.5 Å². The Morgan fingerprint density at radius 3 is 3.00 bits per heavy atom. The van der Waals surface area contributed by atoms with Gasteiger partial charge in [0.15, 0.2) is 4.51 Å². The van der Waals surface area contributed by atoms with Gasteiger partial charge < -0.3 is 9.72 Å². The van der Waals surface area contributed by atoms with Crippen molar-refractivity contribution in [3.8, 4) is 0 Å². The molecule has 3 nitrogen and oxygen atoms in total. The van der Waals surface area contributed by atoms with E-state index in [1.54, 1.807) is 6.92 Å². The molecule has 0 saturated carbocycles. The highest BCUT2D eigenvalue weighted by Crippen LogP contribution is 2.32. The van der Waals surface area contributed by atoms with E-state index in [1.165, 1.54) is 0 Å². The molecule has 2 rings (SSSR count). The molecule has 2 aromatic rings. The number of nitrogens with one attached hydrogen (secondary N) is 1. The molecule has 0 spiro atoms. The number of rotatable bonds is 3. The minimum atomic E-state index is -0.770. The number of alkyl halides is 1. The molecule has 0 amide bonds. The van der Waals surface area contributed by atoms with E-state index >= 15 is 0 Å². The maximum Gasteiger partial charge on any atom is 0.294 e. The highest BCUT2D eigenvalue weighted by atomic mass is 79.9. The van der Waals surface area contributed by atoms with Gasteiger partial charge in [-0.2, -0.15) is 0 Å². The number of aromatic amines is 1. The van der Waals surface area contributed by atoms with E-state index in [9.17, 15) is 4.79 Å². The number of halogens is 1. The molecular weight excluding hydrogens is 258 g/mol. The van der Waals surface area contributed by atoms with Crippen molar-refractivity contribution in [3.63, 3.8) is 0 Å². The Hall–Kier alpha value is -1.29. The quantitative estimate of drug-likeness (QED) is 0.687. The first-order valence-corrected chi connectivity index (χ1v) is 5.31. The average Bonchev–Trinajstić information content (AvgIpc) is 2.63. The maximum absolute atomic E-state index is 10.3. The number of carbonyl (C=O) groups is 1. The summed E-state index contributed by atoms with van der Waals surface area (Å²) in [5.74, 6) is 0. The van der Waals surface area contributed by atoms with Gasteiger partial charge in [-0.3, -0.25) is 4.79 Å². The third-order valence-corrected chi connectivity index (χ3v) is 2.98. The molecular formula is C11H10BrNO2. The first kappa shape index (κ1) is 10.2. The molecule has 15 heavy (non-hydrogen) atoms. The van der Waals surface area contributed by atoms with Crippen LogP contribution in [0.1, 0.15) is 12.5 Å². The number of hydrogen-bond donors (Lipinski definition) is 1. The van der Waals surface area contributed by atoms with Crippen LogP contribution in [0.2, 0.25) is 0 Å². The summed E-state index contributed by atoms with van der Waals surface area (Å²) in [7, 11) is 0. The van der Waals surface area contributed by atoms with Crippen molar-refractivity contribution in [2.45, 2.75) is 11.4 Å². The fourth-order valence-electron chi connectivity index (χ4n) is 1.48. The largest absolute Gasteiger partial charge is 0.445 e. The van der Waals surface area contributed by atoms with Gasteiger partial charge in [-0.05, 0) is 40.4 Å². The highest BCUT2D eigenvalue weighted by molar-refractivity contribution is 9.09. The van der Waals surface area contributed by atoms with Crippen LogP contribution < -0.4 is 0 Å². The van der Waals surface area contributed by atoms with Crippen LogP contribution >= 0.6 is 15.9 Å². The zero-order valence-corrected chi connectivity index (χ0v) is 9.74.